The molecule has 0 saturated carbocycles. The van der Waals surface area contributed by atoms with E-state index in [-0.39, 0.29) is 42.0 Å². The molecule has 3 aromatic carbocycles. The molecule has 48 heavy (non-hydrogen) atoms. The third kappa shape index (κ3) is 6.10. The minimum atomic E-state index is -1.18. The van der Waals surface area contributed by atoms with Crippen molar-refractivity contribution in [2.24, 2.45) is 5.92 Å². The summed E-state index contributed by atoms with van der Waals surface area (Å²) in [6.07, 6.45) is -2.88. The van der Waals surface area contributed by atoms with Gasteiger partial charge >= 0.3 is 5.69 Å². The molecular weight excluding hydrogens is 618 g/mol. The van der Waals surface area contributed by atoms with Crippen molar-refractivity contribution in [1.29, 1.82) is 0 Å². The number of hydrogen-bond donors (Lipinski definition) is 4. The van der Waals surface area contributed by atoms with E-state index in [2.05, 4.69) is 20.3 Å². The molecule has 250 valence electrons. The van der Waals surface area contributed by atoms with Crippen molar-refractivity contribution in [1.82, 2.24) is 19.5 Å². The Labute approximate surface area is 275 Å². The molecule has 2 aromatic heterocycles. The van der Waals surface area contributed by atoms with Gasteiger partial charge in [-0.3, -0.25) is 24.9 Å². The number of aliphatic hydroxyl groups is 1. The Balaban J connectivity index is 1.37. The summed E-state index contributed by atoms with van der Waals surface area (Å²) in [4.78, 5) is 47.6. The van der Waals surface area contributed by atoms with Crippen LogP contribution >= 0.6 is 0 Å². The maximum Gasteiger partial charge on any atom is 0.329 e. The van der Waals surface area contributed by atoms with Gasteiger partial charge in [-0.05, 0) is 41.0 Å². The Bertz CT molecular complexity index is 2020. The number of benzene rings is 3. The monoisotopic (exact) mass is 655 g/mol. The quantitative estimate of drug-likeness (QED) is 0.155. The van der Waals surface area contributed by atoms with Crippen LogP contribution in [0.5, 0.6) is 11.5 Å². The molecule has 0 spiro atoms. The summed E-state index contributed by atoms with van der Waals surface area (Å²) >= 11 is 0. The number of anilines is 1. The number of hydrogen-bond acceptors (Lipinski definition) is 9. The van der Waals surface area contributed by atoms with Crippen LogP contribution in [0.2, 0.25) is 0 Å². The van der Waals surface area contributed by atoms with Crippen molar-refractivity contribution in [3.63, 3.8) is 0 Å². The summed E-state index contributed by atoms with van der Waals surface area (Å²) in [6.45, 7) is 3.31. The lowest BCUT2D eigenvalue weighted by molar-refractivity contribution is -0.118. The van der Waals surface area contributed by atoms with Gasteiger partial charge in [-0.1, -0.05) is 68.4 Å². The molecule has 5 aromatic rings. The molecule has 4 N–H and O–H groups in total. The Morgan fingerprint density at radius 1 is 0.979 bits per heavy atom. The number of H-pyrrole nitrogens is 2. The highest BCUT2D eigenvalue weighted by molar-refractivity contribution is 5.91. The van der Waals surface area contributed by atoms with Crippen LogP contribution < -0.4 is 26.0 Å². The van der Waals surface area contributed by atoms with Gasteiger partial charge in [-0.25, -0.2) is 9.36 Å². The van der Waals surface area contributed by atoms with Crippen LogP contribution in [0.1, 0.15) is 43.2 Å². The van der Waals surface area contributed by atoms with Crippen molar-refractivity contribution in [3.05, 3.63) is 116 Å². The highest BCUT2D eigenvalue weighted by Crippen LogP contribution is 2.43. The fourth-order valence-electron chi connectivity index (χ4n) is 5.92. The Morgan fingerprint density at radius 3 is 2.35 bits per heavy atom. The first kappa shape index (κ1) is 32.7. The van der Waals surface area contributed by atoms with E-state index in [1.54, 1.807) is 28.1 Å². The lowest BCUT2D eigenvalue weighted by Gasteiger charge is -2.37. The topological polar surface area (TPSA) is 170 Å². The summed E-state index contributed by atoms with van der Waals surface area (Å²) in [6, 6.07) is 24.8. The number of rotatable bonds is 11. The number of methoxy groups -OCH3 is 2. The highest BCUT2D eigenvalue weighted by atomic mass is 16.6. The Morgan fingerprint density at radius 2 is 1.67 bits per heavy atom. The summed E-state index contributed by atoms with van der Waals surface area (Å²) in [5.41, 5.74) is -0.190. The fourth-order valence-corrected chi connectivity index (χ4v) is 5.92. The first-order valence-electron chi connectivity index (χ1n) is 15.5. The fraction of sp³-hybridized carbons (Fsp3) is 0.314. The highest BCUT2D eigenvalue weighted by Gasteiger charge is 2.43. The minimum absolute atomic E-state index is 0.0169. The van der Waals surface area contributed by atoms with Gasteiger partial charge < -0.3 is 24.1 Å². The van der Waals surface area contributed by atoms with Gasteiger partial charge in [0.05, 0.1) is 26.9 Å². The molecular formula is C35H37N5O8. The number of ether oxygens (including phenoxy) is 4. The van der Waals surface area contributed by atoms with Crippen molar-refractivity contribution < 1.29 is 28.8 Å². The maximum atomic E-state index is 13.1. The number of aromatic amines is 2. The predicted molar refractivity (Wildman–Crippen MR) is 177 cm³/mol. The zero-order chi connectivity index (χ0) is 34.0. The number of amides is 1. The maximum absolute atomic E-state index is 13.1. The predicted octanol–water partition coefficient (Wildman–Crippen LogP) is 3.68. The van der Waals surface area contributed by atoms with Crippen LogP contribution in [-0.4, -0.2) is 63.6 Å². The molecule has 1 aliphatic heterocycles. The van der Waals surface area contributed by atoms with Gasteiger partial charge in [0.15, 0.2) is 11.2 Å². The van der Waals surface area contributed by atoms with E-state index in [1.807, 2.05) is 78.9 Å². The molecule has 13 nitrogen and oxygen atoms in total. The number of aromatic nitrogens is 4. The zero-order valence-electron chi connectivity index (χ0n) is 26.9. The van der Waals surface area contributed by atoms with Crippen LogP contribution in [0.4, 0.5) is 5.95 Å². The molecule has 1 saturated heterocycles. The van der Waals surface area contributed by atoms with Crippen LogP contribution in [0, 0.1) is 5.92 Å². The Hall–Kier alpha value is -5.24. The number of nitrogens with zero attached hydrogens (tertiary/aromatic N) is 2. The Kier molecular flexibility index (Phi) is 9.18. The largest absolute Gasteiger partial charge is 0.497 e. The van der Waals surface area contributed by atoms with Crippen LogP contribution in [-0.2, 0) is 19.9 Å². The van der Waals surface area contributed by atoms with Crippen LogP contribution in [0.3, 0.4) is 0 Å². The van der Waals surface area contributed by atoms with Crippen molar-refractivity contribution in [2.75, 3.05) is 26.1 Å². The van der Waals surface area contributed by atoms with E-state index in [0.29, 0.717) is 11.5 Å². The summed E-state index contributed by atoms with van der Waals surface area (Å²) in [5.74, 6) is 0.468. The second kappa shape index (κ2) is 13.5. The minimum Gasteiger partial charge on any atom is -0.497 e. The number of carbonyl (C=O) groups excluding carboxylic acids is 1. The third-order valence-electron chi connectivity index (χ3n) is 8.45. The molecule has 1 amide bonds. The van der Waals surface area contributed by atoms with E-state index in [4.69, 9.17) is 18.9 Å². The summed E-state index contributed by atoms with van der Waals surface area (Å²) in [7, 11) is 3.19. The van der Waals surface area contributed by atoms with E-state index in [9.17, 15) is 19.5 Å². The van der Waals surface area contributed by atoms with Gasteiger partial charge in [0, 0.05) is 12.3 Å². The standard InChI is InChI=1S/C35H37N5O8/c1-20(2)31(42)38-33-37-30-29(32(43)39-33)36-34(44)40(30)28-18-26(41)27(48-28)19-47-35(21-9-6-5-7-10-21,22-13-15-24(45-3)16-14-22)23-11-8-12-25(17-23)46-4/h5-17,20,26-28,41H,18-19H2,1-4H3,(H,36,44)(H2,37,38,39,42,43)/t26-,27+,28+,35?/m0/s1. The SMILES string of the molecule is COc1ccc(C(OC[C@H]2O[C@@H](n3c(=O)[nH]c4c(=O)[nH]c(NC(=O)C(C)C)nc43)C[C@@H]2O)(c2ccccc2)c2cccc(OC)c2)cc1. The van der Waals surface area contributed by atoms with E-state index in [1.165, 1.54) is 4.57 Å². The number of fused-ring (bicyclic) bond motifs is 1. The number of aliphatic hydroxyl groups excluding tert-OH is 1. The zero-order valence-corrected chi connectivity index (χ0v) is 26.9. The third-order valence-corrected chi connectivity index (χ3v) is 8.45. The lowest BCUT2D eigenvalue weighted by atomic mass is 9.80. The first-order chi connectivity index (χ1) is 23.1. The van der Waals surface area contributed by atoms with Gasteiger partial charge in [-0.15, -0.1) is 0 Å². The average Bonchev–Trinajstić information content (AvgIpc) is 3.63. The van der Waals surface area contributed by atoms with Gasteiger partial charge in [0.2, 0.25) is 11.9 Å². The molecule has 1 unspecified atom stereocenters. The second-order valence-corrected chi connectivity index (χ2v) is 11.8. The van der Waals surface area contributed by atoms with E-state index < -0.39 is 35.3 Å². The second-order valence-electron chi connectivity index (χ2n) is 11.8. The summed E-state index contributed by atoms with van der Waals surface area (Å²) < 4.78 is 25.4. The molecule has 1 aliphatic rings. The van der Waals surface area contributed by atoms with Crippen LogP contribution in [0.15, 0.2) is 88.5 Å². The molecule has 0 radical (unpaired) electrons. The normalized spacial score (nSPS) is 18.9. The first-order valence-corrected chi connectivity index (χ1v) is 15.5. The van der Waals surface area contributed by atoms with Gasteiger partial charge in [0.1, 0.15) is 29.4 Å². The lowest BCUT2D eigenvalue weighted by Crippen LogP contribution is -2.38. The molecule has 1 fully saturated rings. The smallest absolute Gasteiger partial charge is 0.329 e. The molecule has 0 bridgehead atoms. The molecule has 13 heteroatoms. The molecule has 4 atom stereocenters. The molecule has 6 rings (SSSR count). The van der Waals surface area contributed by atoms with Crippen molar-refractivity contribution in [2.45, 2.75) is 44.3 Å². The van der Waals surface area contributed by atoms with Gasteiger partial charge in [-0.2, -0.15) is 4.98 Å². The number of carbonyl (C=O) groups is 1. The van der Waals surface area contributed by atoms with Crippen LogP contribution in [0.25, 0.3) is 11.2 Å². The summed E-state index contributed by atoms with van der Waals surface area (Å²) in [5, 5.41) is 13.8. The van der Waals surface area contributed by atoms with Crippen molar-refractivity contribution >= 4 is 23.0 Å². The molecule has 0 aliphatic carbocycles. The average molecular weight is 656 g/mol. The number of nitrogens with one attached hydrogen (secondary N) is 3. The number of imidazole rings is 1. The molecule has 3 heterocycles. The van der Waals surface area contributed by atoms with Gasteiger partial charge in [0.25, 0.3) is 5.56 Å². The van der Waals surface area contributed by atoms with Crippen molar-refractivity contribution in [3.8, 4) is 11.5 Å². The van der Waals surface area contributed by atoms with E-state index >= 15 is 0 Å². The van der Waals surface area contributed by atoms with E-state index in [0.717, 1.165) is 16.7 Å².